The summed E-state index contributed by atoms with van der Waals surface area (Å²) in [6, 6.07) is 0. The number of aliphatic hydroxyl groups is 1. The van der Waals surface area contributed by atoms with E-state index in [1.54, 1.807) is 0 Å². The molecule has 1 N–H and O–H groups in total. The third-order valence-corrected chi connectivity index (χ3v) is 1.01. The molecule has 1 saturated heterocycles. The van der Waals surface area contributed by atoms with E-state index < -0.39 is 18.1 Å². The highest BCUT2D eigenvalue weighted by Gasteiger charge is 2.88. The van der Waals surface area contributed by atoms with Gasteiger partial charge in [0.15, 0.2) is 0 Å². The first-order valence-corrected chi connectivity index (χ1v) is 2.08. The monoisotopic (exact) mass is 164 g/mol. The first-order valence-electron chi connectivity index (χ1n) is 2.08. The topological polar surface area (TPSA) is 32.8 Å². The maximum Gasteiger partial charge on any atom is 0.452 e. The summed E-state index contributed by atoms with van der Waals surface area (Å²) < 4.78 is 59.5. The van der Waals surface area contributed by atoms with Gasteiger partial charge < -0.3 is 5.11 Å². The largest absolute Gasteiger partial charge is 0.452 e. The van der Waals surface area contributed by atoms with Crippen LogP contribution in [0.5, 0.6) is 0 Å². The van der Waals surface area contributed by atoms with Gasteiger partial charge in [0.25, 0.3) is 0 Å². The number of ether oxygens (including phenoxy) is 1. The number of hydrogen-bond acceptors (Lipinski definition) is 2. The molecule has 1 fully saturated rings. The average Bonchev–Trinajstić information content (AvgIpc) is 2.05. The predicted octanol–water partition coefficient (Wildman–Crippen LogP) is 0.860. The molecule has 0 radical (unpaired) electrons. The van der Waals surface area contributed by atoms with E-state index in [9.17, 15) is 22.0 Å². The van der Waals surface area contributed by atoms with Gasteiger partial charge in [-0.25, -0.2) is 0 Å². The molecule has 0 bridgehead atoms. The summed E-state index contributed by atoms with van der Waals surface area (Å²) in [6.45, 7) is 0. The van der Waals surface area contributed by atoms with Crippen LogP contribution in [0.2, 0.25) is 0 Å². The summed E-state index contributed by atoms with van der Waals surface area (Å²) in [5.41, 5.74) is 0. The zero-order chi connectivity index (χ0) is 8.21. The Kier molecular flexibility index (Phi) is 1.09. The van der Waals surface area contributed by atoms with Gasteiger partial charge >= 0.3 is 18.1 Å². The summed E-state index contributed by atoms with van der Waals surface area (Å²) in [7, 11) is 0. The normalized spacial score (nSPS) is 37.8. The lowest BCUT2D eigenvalue weighted by Gasteiger charge is -2.06. The fourth-order valence-corrected chi connectivity index (χ4v) is 0.383. The zero-order valence-electron chi connectivity index (χ0n) is 4.25. The molecule has 1 aliphatic rings. The minimum atomic E-state index is -5.43. The van der Waals surface area contributed by atoms with Gasteiger partial charge in [0.05, 0.1) is 0 Å². The Morgan fingerprint density at radius 3 is 1.50 bits per heavy atom. The van der Waals surface area contributed by atoms with E-state index in [1.807, 2.05) is 0 Å². The second-order valence-electron chi connectivity index (χ2n) is 1.76. The molecule has 0 aliphatic carbocycles. The van der Waals surface area contributed by atoms with Crippen molar-refractivity contribution < 1.29 is 31.8 Å². The molecular formula is C3HF5O2. The smallest absolute Gasteiger partial charge is 0.352 e. The van der Waals surface area contributed by atoms with E-state index in [1.165, 1.54) is 0 Å². The minimum Gasteiger partial charge on any atom is -0.352 e. The molecule has 2 nitrogen and oxygen atoms in total. The molecule has 60 valence electrons. The second kappa shape index (κ2) is 1.42. The fourth-order valence-electron chi connectivity index (χ4n) is 0.383. The van der Waals surface area contributed by atoms with E-state index >= 15 is 0 Å². The number of alkyl halides is 5. The van der Waals surface area contributed by atoms with Crippen LogP contribution in [-0.2, 0) is 4.74 Å². The van der Waals surface area contributed by atoms with Gasteiger partial charge in [-0.1, -0.05) is 0 Å². The van der Waals surface area contributed by atoms with Crippen LogP contribution in [0.1, 0.15) is 0 Å². The zero-order valence-corrected chi connectivity index (χ0v) is 4.25. The van der Waals surface area contributed by atoms with Gasteiger partial charge in [-0.2, -0.15) is 22.0 Å². The number of rotatable bonds is 0. The van der Waals surface area contributed by atoms with Crippen LogP contribution < -0.4 is 0 Å². The Balaban J connectivity index is 2.78. The molecule has 0 aromatic rings. The predicted molar refractivity (Wildman–Crippen MR) is 17.0 cm³/mol. The van der Waals surface area contributed by atoms with E-state index in [-0.39, 0.29) is 0 Å². The van der Waals surface area contributed by atoms with Gasteiger partial charge in [0.2, 0.25) is 0 Å². The van der Waals surface area contributed by atoms with Crippen LogP contribution in [0.4, 0.5) is 22.0 Å². The average molecular weight is 164 g/mol. The highest BCUT2D eigenvalue weighted by Crippen LogP contribution is 2.57. The molecular weight excluding hydrogens is 163 g/mol. The van der Waals surface area contributed by atoms with Crippen LogP contribution in [-0.4, -0.2) is 23.2 Å². The standard InChI is InChI=1S/C3HF5O2/c4-2(5,6)1(9)3(7,8)10-1/h9H. The summed E-state index contributed by atoms with van der Waals surface area (Å²) in [4.78, 5) is 0. The molecule has 10 heavy (non-hydrogen) atoms. The summed E-state index contributed by atoms with van der Waals surface area (Å²) in [5.74, 6) is -4.25. The quantitative estimate of drug-likeness (QED) is 0.425. The highest BCUT2D eigenvalue weighted by molar-refractivity contribution is 4.98. The summed E-state index contributed by atoms with van der Waals surface area (Å²) in [5, 5.41) is 7.90. The van der Waals surface area contributed by atoms with Crippen molar-refractivity contribution in [2.45, 2.75) is 18.1 Å². The minimum absolute atomic E-state index is 2.75. The van der Waals surface area contributed by atoms with Gasteiger partial charge in [-0.15, -0.1) is 0 Å². The lowest BCUT2D eigenvalue weighted by molar-refractivity contribution is -0.261. The second-order valence-corrected chi connectivity index (χ2v) is 1.76. The summed E-state index contributed by atoms with van der Waals surface area (Å²) in [6.07, 6.45) is -9.91. The molecule has 0 aromatic heterocycles. The maximum atomic E-state index is 11.5. The fraction of sp³-hybridized carbons (Fsp3) is 1.00. The Morgan fingerprint density at radius 2 is 1.50 bits per heavy atom. The van der Waals surface area contributed by atoms with Crippen LogP contribution in [0.3, 0.4) is 0 Å². The van der Waals surface area contributed by atoms with Gasteiger partial charge in [-0.3, -0.25) is 4.74 Å². The summed E-state index contributed by atoms with van der Waals surface area (Å²) >= 11 is 0. The number of epoxide rings is 1. The molecule has 0 amide bonds. The Labute approximate surface area is 51.2 Å². The van der Waals surface area contributed by atoms with Crippen LogP contribution in [0, 0.1) is 0 Å². The third-order valence-electron chi connectivity index (χ3n) is 1.01. The van der Waals surface area contributed by atoms with Crippen molar-refractivity contribution in [3.05, 3.63) is 0 Å². The molecule has 1 heterocycles. The Hall–Kier alpha value is -0.430. The van der Waals surface area contributed by atoms with Crippen LogP contribution in [0.25, 0.3) is 0 Å². The van der Waals surface area contributed by atoms with E-state index in [2.05, 4.69) is 4.74 Å². The first kappa shape index (κ1) is 7.67. The third kappa shape index (κ3) is 0.702. The van der Waals surface area contributed by atoms with Crippen molar-refractivity contribution in [2.24, 2.45) is 0 Å². The number of hydrogen-bond donors (Lipinski definition) is 1. The van der Waals surface area contributed by atoms with Crippen molar-refractivity contribution in [3.63, 3.8) is 0 Å². The lowest BCUT2D eigenvalue weighted by Crippen LogP contribution is -2.36. The van der Waals surface area contributed by atoms with E-state index in [0.29, 0.717) is 0 Å². The van der Waals surface area contributed by atoms with Crippen molar-refractivity contribution in [3.8, 4) is 0 Å². The van der Waals surface area contributed by atoms with Gasteiger partial charge in [-0.05, 0) is 0 Å². The van der Waals surface area contributed by atoms with Crippen molar-refractivity contribution >= 4 is 0 Å². The highest BCUT2D eigenvalue weighted by atomic mass is 19.4. The van der Waals surface area contributed by atoms with Crippen molar-refractivity contribution in [1.82, 2.24) is 0 Å². The molecule has 0 spiro atoms. The molecule has 1 rings (SSSR count). The number of halogens is 5. The molecule has 0 saturated carbocycles. The molecule has 7 heteroatoms. The molecule has 1 unspecified atom stereocenters. The van der Waals surface area contributed by atoms with Crippen molar-refractivity contribution in [2.75, 3.05) is 0 Å². The molecule has 1 atom stereocenters. The molecule has 0 aromatic carbocycles. The van der Waals surface area contributed by atoms with Gasteiger partial charge in [0, 0.05) is 0 Å². The lowest BCUT2D eigenvalue weighted by atomic mass is 10.4. The maximum absolute atomic E-state index is 11.5. The van der Waals surface area contributed by atoms with E-state index in [0.717, 1.165) is 0 Å². The Bertz CT molecular complexity index is 163. The van der Waals surface area contributed by atoms with E-state index in [4.69, 9.17) is 5.11 Å². The first-order chi connectivity index (χ1) is 4.21. The SMILES string of the molecule is OC1(C(F)(F)F)OC1(F)F. The van der Waals surface area contributed by atoms with Gasteiger partial charge in [0.1, 0.15) is 0 Å². The van der Waals surface area contributed by atoms with Crippen LogP contribution >= 0.6 is 0 Å². The van der Waals surface area contributed by atoms with Crippen molar-refractivity contribution in [1.29, 1.82) is 0 Å². The molecule has 1 aliphatic heterocycles. The Morgan fingerprint density at radius 1 is 1.20 bits per heavy atom. The van der Waals surface area contributed by atoms with Crippen LogP contribution in [0.15, 0.2) is 0 Å².